The molecule has 3 nitrogen and oxygen atoms in total. The molecule has 1 aromatic heterocycles. The van der Waals surface area contributed by atoms with Gasteiger partial charge in [0.2, 0.25) is 0 Å². The number of hydrogen-bond acceptors (Lipinski definition) is 3. The van der Waals surface area contributed by atoms with E-state index in [1.165, 1.54) is 4.46 Å². The first-order valence-electron chi connectivity index (χ1n) is 5.54. The molecule has 0 bridgehead atoms. The van der Waals surface area contributed by atoms with Gasteiger partial charge < -0.3 is 0 Å². The van der Waals surface area contributed by atoms with Gasteiger partial charge in [0.15, 0.2) is 0 Å². The molecule has 0 N–H and O–H groups in total. The molecular weight excluding hydrogens is 291 g/mol. The molecule has 3 aromatic rings. The van der Waals surface area contributed by atoms with E-state index in [-0.39, 0.29) is 15.0 Å². The zero-order valence-electron chi connectivity index (χ0n) is 9.48. The second kappa shape index (κ2) is 5.17. The first kappa shape index (κ1) is 11.2. The van der Waals surface area contributed by atoms with Crippen molar-refractivity contribution in [3.8, 4) is 11.5 Å². The predicted molar refractivity (Wildman–Crippen MR) is 71.2 cm³/mol. The van der Waals surface area contributed by atoms with Crippen molar-refractivity contribution in [1.29, 1.82) is 0 Å². The fourth-order valence-electron chi connectivity index (χ4n) is 1.54. The number of rotatable bonds is 3. The summed E-state index contributed by atoms with van der Waals surface area (Å²) in [6, 6.07) is 20.0. The number of benzene rings is 2. The molecule has 4 heteroatoms. The SMILES string of the molecule is c1ccc([Se]c2nnc(-c3ccccc3)o2)cc1. The summed E-state index contributed by atoms with van der Waals surface area (Å²) in [7, 11) is 0. The minimum absolute atomic E-state index is 0.0707. The van der Waals surface area contributed by atoms with Crippen molar-refractivity contribution < 1.29 is 4.42 Å². The molecule has 0 saturated carbocycles. The molecule has 0 saturated heterocycles. The predicted octanol–water partition coefficient (Wildman–Crippen LogP) is 1.39. The zero-order valence-corrected chi connectivity index (χ0v) is 11.2. The Bertz CT molecular complexity index is 623. The van der Waals surface area contributed by atoms with Gasteiger partial charge in [-0.15, -0.1) is 0 Å². The third-order valence-corrected chi connectivity index (χ3v) is 4.15. The van der Waals surface area contributed by atoms with Gasteiger partial charge >= 0.3 is 111 Å². The van der Waals surface area contributed by atoms with Gasteiger partial charge in [-0.1, -0.05) is 0 Å². The third kappa shape index (κ3) is 2.50. The van der Waals surface area contributed by atoms with E-state index >= 15 is 0 Å². The molecule has 3 rings (SSSR count). The van der Waals surface area contributed by atoms with Crippen molar-refractivity contribution >= 4 is 24.2 Å². The summed E-state index contributed by atoms with van der Waals surface area (Å²) >= 11 is 0.0707. The first-order valence-corrected chi connectivity index (χ1v) is 7.25. The van der Waals surface area contributed by atoms with Gasteiger partial charge in [0.05, 0.1) is 0 Å². The van der Waals surface area contributed by atoms with Crippen LogP contribution in [0.25, 0.3) is 11.5 Å². The Morgan fingerprint density at radius 3 is 2.17 bits per heavy atom. The molecule has 1 heterocycles. The van der Waals surface area contributed by atoms with Crippen LogP contribution in [0.5, 0.6) is 0 Å². The van der Waals surface area contributed by atoms with E-state index < -0.39 is 0 Å². The van der Waals surface area contributed by atoms with E-state index in [0.29, 0.717) is 10.7 Å². The van der Waals surface area contributed by atoms with Crippen molar-refractivity contribution in [2.75, 3.05) is 0 Å². The van der Waals surface area contributed by atoms with Gasteiger partial charge in [-0.2, -0.15) is 0 Å². The normalized spacial score (nSPS) is 10.4. The van der Waals surface area contributed by atoms with Gasteiger partial charge in [-0.25, -0.2) is 0 Å². The van der Waals surface area contributed by atoms with Gasteiger partial charge in [-0.3, -0.25) is 0 Å². The molecule has 0 spiro atoms. The monoisotopic (exact) mass is 302 g/mol. The zero-order chi connectivity index (χ0) is 12.2. The van der Waals surface area contributed by atoms with Crippen LogP contribution in [0.2, 0.25) is 0 Å². The molecule has 0 unspecified atom stereocenters. The van der Waals surface area contributed by atoms with E-state index in [4.69, 9.17) is 4.42 Å². The van der Waals surface area contributed by atoms with E-state index in [1.54, 1.807) is 0 Å². The molecule has 0 atom stereocenters. The van der Waals surface area contributed by atoms with Crippen LogP contribution in [0.3, 0.4) is 0 Å². The summed E-state index contributed by atoms with van der Waals surface area (Å²) in [4.78, 5) is 0.701. The summed E-state index contributed by atoms with van der Waals surface area (Å²) in [5, 5.41) is 8.18. The average molecular weight is 301 g/mol. The molecule has 0 aliphatic carbocycles. The summed E-state index contributed by atoms with van der Waals surface area (Å²) < 4.78 is 6.91. The second-order valence-corrected chi connectivity index (χ2v) is 5.80. The number of hydrogen-bond donors (Lipinski definition) is 0. The van der Waals surface area contributed by atoms with Crippen LogP contribution in [0.1, 0.15) is 0 Å². The van der Waals surface area contributed by atoms with Crippen LogP contribution in [0.4, 0.5) is 0 Å². The molecule has 88 valence electrons. The van der Waals surface area contributed by atoms with E-state index in [1.807, 2.05) is 48.5 Å². The summed E-state index contributed by atoms with van der Waals surface area (Å²) in [5.41, 5.74) is 0.958. The quantitative estimate of drug-likeness (QED) is 0.686. The average Bonchev–Trinajstić information content (AvgIpc) is 2.89. The second-order valence-electron chi connectivity index (χ2n) is 3.65. The first-order chi connectivity index (χ1) is 8.92. The molecule has 0 aliphatic heterocycles. The Hall–Kier alpha value is -1.90. The fraction of sp³-hybridized carbons (Fsp3) is 0. The maximum atomic E-state index is 5.68. The van der Waals surface area contributed by atoms with E-state index in [2.05, 4.69) is 22.3 Å². The van der Waals surface area contributed by atoms with Crippen LogP contribution in [-0.2, 0) is 0 Å². The Labute approximate surface area is 111 Å². The number of nitrogens with zero attached hydrogens (tertiary/aromatic N) is 2. The standard InChI is InChI=1S/C14H10N2OSe/c1-3-7-11(8-4-1)13-15-16-14(17-13)18-12-9-5-2-6-10-12/h1-10H. The van der Waals surface area contributed by atoms with Gasteiger partial charge in [0, 0.05) is 0 Å². The molecule has 0 amide bonds. The maximum absolute atomic E-state index is 5.68. The Balaban J connectivity index is 1.82. The summed E-state index contributed by atoms with van der Waals surface area (Å²) in [6.07, 6.45) is 0. The molecule has 0 fully saturated rings. The summed E-state index contributed by atoms with van der Waals surface area (Å²) in [6.45, 7) is 0. The fourth-order valence-corrected chi connectivity index (χ4v) is 3.00. The molecule has 0 aliphatic rings. The molecule has 18 heavy (non-hydrogen) atoms. The van der Waals surface area contributed by atoms with Crippen LogP contribution in [0, 0.1) is 0 Å². The Kier molecular flexibility index (Phi) is 3.22. The van der Waals surface area contributed by atoms with E-state index in [9.17, 15) is 0 Å². The van der Waals surface area contributed by atoms with Crippen molar-refractivity contribution in [1.82, 2.24) is 10.2 Å². The van der Waals surface area contributed by atoms with Crippen LogP contribution in [-0.4, -0.2) is 25.2 Å². The van der Waals surface area contributed by atoms with Crippen LogP contribution in [0.15, 0.2) is 65.1 Å². The van der Waals surface area contributed by atoms with Gasteiger partial charge in [-0.05, 0) is 0 Å². The van der Waals surface area contributed by atoms with Crippen molar-refractivity contribution in [3.63, 3.8) is 0 Å². The summed E-state index contributed by atoms with van der Waals surface area (Å²) in [5.74, 6) is 0.586. The molecular formula is C14H10N2OSe. The number of aromatic nitrogens is 2. The van der Waals surface area contributed by atoms with Gasteiger partial charge in [0.25, 0.3) is 0 Å². The molecule has 2 aromatic carbocycles. The van der Waals surface area contributed by atoms with Crippen LogP contribution >= 0.6 is 0 Å². The third-order valence-electron chi connectivity index (χ3n) is 2.38. The van der Waals surface area contributed by atoms with E-state index in [0.717, 1.165) is 5.56 Å². The van der Waals surface area contributed by atoms with Crippen molar-refractivity contribution in [3.05, 3.63) is 60.7 Å². The van der Waals surface area contributed by atoms with Crippen LogP contribution < -0.4 is 9.25 Å². The molecule has 0 radical (unpaired) electrons. The topological polar surface area (TPSA) is 38.9 Å². The van der Waals surface area contributed by atoms with Crippen molar-refractivity contribution in [2.45, 2.75) is 0 Å². The minimum atomic E-state index is 0.0707. The van der Waals surface area contributed by atoms with Crippen molar-refractivity contribution in [2.24, 2.45) is 0 Å². The Morgan fingerprint density at radius 1 is 0.778 bits per heavy atom. The Morgan fingerprint density at radius 2 is 1.44 bits per heavy atom. The van der Waals surface area contributed by atoms with Gasteiger partial charge in [0.1, 0.15) is 0 Å².